The lowest BCUT2D eigenvalue weighted by Crippen LogP contribution is -2.06. The Labute approximate surface area is 95.2 Å². The lowest BCUT2D eigenvalue weighted by molar-refractivity contribution is 0.357. The van der Waals surface area contributed by atoms with Crippen molar-refractivity contribution in [2.45, 2.75) is 50.9 Å². The molecule has 1 saturated carbocycles. The van der Waals surface area contributed by atoms with E-state index >= 15 is 0 Å². The lowest BCUT2D eigenvalue weighted by Gasteiger charge is -2.17. The van der Waals surface area contributed by atoms with Crippen LogP contribution in [0.15, 0.2) is 4.52 Å². The highest BCUT2D eigenvalue weighted by atomic mass is 35.5. The topological polar surface area (TPSA) is 38.9 Å². The molecule has 3 nitrogen and oxygen atoms in total. The van der Waals surface area contributed by atoms with Gasteiger partial charge in [-0.05, 0) is 19.3 Å². The van der Waals surface area contributed by atoms with Gasteiger partial charge in [0, 0.05) is 18.2 Å². The van der Waals surface area contributed by atoms with Crippen molar-refractivity contribution in [2.24, 2.45) is 0 Å². The molecule has 15 heavy (non-hydrogen) atoms. The van der Waals surface area contributed by atoms with Gasteiger partial charge in [0.2, 0.25) is 5.89 Å². The van der Waals surface area contributed by atoms with E-state index in [9.17, 15) is 0 Å². The highest BCUT2D eigenvalue weighted by Gasteiger charge is 2.20. The molecule has 0 amide bonds. The van der Waals surface area contributed by atoms with Gasteiger partial charge in [0.05, 0.1) is 0 Å². The van der Waals surface area contributed by atoms with Gasteiger partial charge >= 0.3 is 0 Å². The van der Waals surface area contributed by atoms with Gasteiger partial charge in [-0.15, -0.1) is 11.6 Å². The van der Waals surface area contributed by atoms with E-state index < -0.39 is 0 Å². The smallest absolute Gasteiger partial charge is 0.226 e. The fraction of sp³-hybridized carbons (Fsp3) is 0.818. The van der Waals surface area contributed by atoms with Gasteiger partial charge in [-0.25, -0.2) is 0 Å². The summed E-state index contributed by atoms with van der Waals surface area (Å²) >= 11 is 5.62. The van der Waals surface area contributed by atoms with Crippen LogP contribution in [0.5, 0.6) is 0 Å². The van der Waals surface area contributed by atoms with Gasteiger partial charge in [-0.3, -0.25) is 0 Å². The third-order valence-electron chi connectivity index (χ3n) is 2.98. The average molecular weight is 229 g/mol. The first-order chi connectivity index (χ1) is 7.40. The lowest BCUT2D eigenvalue weighted by atomic mass is 9.89. The molecule has 1 fully saturated rings. The molecule has 1 heterocycles. The molecular weight excluding hydrogens is 212 g/mol. The van der Waals surface area contributed by atoms with Crippen LogP contribution in [0, 0.1) is 0 Å². The van der Waals surface area contributed by atoms with Crippen LogP contribution in [-0.4, -0.2) is 16.0 Å². The summed E-state index contributed by atoms with van der Waals surface area (Å²) in [6, 6.07) is 0. The van der Waals surface area contributed by atoms with Crippen LogP contribution in [0.2, 0.25) is 0 Å². The second-order valence-electron chi connectivity index (χ2n) is 4.17. The predicted molar refractivity (Wildman–Crippen MR) is 59.2 cm³/mol. The first-order valence-corrected chi connectivity index (χ1v) is 6.32. The number of hydrogen-bond acceptors (Lipinski definition) is 3. The number of aromatic nitrogens is 2. The number of rotatable bonds is 4. The Balaban J connectivity index is 1.93. The summed E-state index contributed by atoms with van der Waals surface area (Å²) in [4.78, 5) is 4.44. The summed E-state index contributed by atoms with van der Waals surface area (Å²) < 4.78 is 5.20. The molecule has 0 radical (unpaired) electrons. The molecule has 0 unspecified atom stereocenters. The van der Waals surface area contributed by atoms with Crippen molar-refractivity contribution in [3.05, 3.63) is 11.7 Å². The first-order valence-electron chi connectivity index (χ1n) is 5.78. The van der Waals surface area contributed by atoms with Crippen molar-refractivity contribution in [1.82, 2.24) is 10.1 Å². The van der Waals surface area contributed by atoms with Crippen molar-refractivity contribution in [1.29, 1.82) is 0 Å². The number of halogens is 1. The summed E-state index contributed by atoms with van der Waals surface area (Å²) in [6.07, 6.45) is 8.11. The Morgan fingerprint density at radius 1 is 1.27 bits per heavy atom. The van der Waals surface area contributed by atoms with E-state index in [-0.39, 0.29) is 0 Å². The van der Waals surface area contributed by atoms with Gasteiger partial charge in [0.1, 0.15) is 0 Å². The highest BCUT2D eigenvalue weighted by molar-refractivity contribution is 6.17. The Bertz CT molecular complexity index is 295. The van der Waals surface area contributed by atoms with E-state index in [1.54, 1.807) is 0 Å². The van der Waals surface area contributed by atoms with Crippen LogP contribution in [0.1, 0.15) is 56.2 Å². The minimum atomic E-state index is 0.534. The van der Waals surface area contributed by atoms with Gasteiger partial charge in [0.15, 0.2) is 5.82 Å². The largest absolute Gasteiger partial charge is 0.339 e. The Morgan fingerprint density at radius 3 is 2.80 bits per heavy atom. The van der Waals surface area contributed by atoms with Crippen molar-refractivity contribution in [3.63, 3.8) is 0 Å². The molecule has 0 spiro atoms. The van der Waals surface area contributed by atoms with Crippen molar-refractivity contribution in [3.8, 4) is 0 Å². The Kier molecular flexibility index (Phi) is 4.01. The van der Waals surface area contributed by atoms with E-state index in [2.05, 4.69) is 10.1 Å². The van der Waals surface area contributed by atoms with E-state index in [1.165, 1.54) is 32.1 Å². The molecule has 1 aromatic heterocycles. The standard InChI is InChI=1S/C11H17ClN2O/c12-8-4-7-10-13-11(14-15-10)9-5-2-1-3-6-9/h9H,1-8H2. The minimum Gasteiger partial charge on any atom is -0.339 e. The van der Waals surface area contributed by atoms with Gasteiger partial charge in [-0.1, -0.05) is 24.4 Å². The molecule has 1 aliphatic rings. The molecule has 1 aromatic rings. The Morgan fingerprint density at radius 2 is 2.07 bits per heavy atom. The van der Waals surface area contributed by atoms with Crippen LogP contribution >= 0.6 is 11.6 Å². The molecular formula is C11H17ClN2O. The maximum Gasteiger partial charge on any atom is 0.226 e. The van der Waals surface area contributed by atoms with E-state index in [1.807, 2.05) is 0 Å². The molecule has 4 heteroatoms. The van der Waals surface area contributed by atoms with Crippen LogP contribution in [-0.2, 0) is 6.42 Å². The summed E-state index contributed by atoms with van der Waals surface area (Å²) in [5.74, 6) is 2.85. The van der Waals surface area contributed by atoms with Crippen molar-refractivity contribution < 1.29 is 4.52 Å². The molecule has 84 valence electrons. The zero-order valence-electron chi connectivity index (χ0n) is 8.91. The molecule has 2 rings (SSSR count). The van der Waals surface area contributed by atoms with Gasteiger partial charge in [0.25, 0.3) is 0 Å². The quantitative estimate of drug-likeness (QED) is 0.743. The zero-order chi connectivity index (χ0) is 10.5. The summed E-state index contributed by atoms with van der Waals surface area (Å²) in [5.41, 5.74) is 0. The monoisotopic (exact) mass is 228 g/mol. The van der Waals surface area contributed by atoms with E-state index in [0.29, 0.717) is 11.8 Å². The maximum atomic E-state index is 5.62. The van der Waals surface area contributed by atoms with Crippen LogP contribution in [0.4, 0.5) is 0 Å². The maximum absolute atomic E-state index is 5.62. The number of hydrogen-bond donors (Lipinski definition) is 0. The first kappa shape index (κ1) is 10.9. The number of aryl methyl sites for hydroxylation is 1. The zero-order valence-corrected chi connectivity index (χ0v) is 9.67. The predicted octanol–water partition coefficient (Wildman–Crippen LogP) is 3.29. The van der Waals surface area contributed by atoms with Crippen LogP contribution < -0.4 is 0 Å². The second-order valence-corrected chi connectivity index (χ2v) is 4.55. The number of alkyl halides is 1. The SMILES string of the molecule is ClCCCc1nc(C2CCCCC2)no1. The van der Waals surface area contributed by atoms with Gasteiger partial charge in [-0.2, -0.15) is 4.98 Å². The van der Waals surface area contributed by atoms with Crippen LogP contribution in [0.25, 0.3) is 0 Å². The molecule has 0 aliphatic heterocycles. The molecule has 0 atom stereocenters. The minimum absolute atomic E-state index is 0.534. The third kappa shape index (κ3) is 2.94. The molecule has 1 aliphatic carbocycles. The molecule has 0 saturated heterocycles. The molecule has 0 aromatic carbocycles. The van der Waals surface area contributed by atoms with Crippen molar-refractivity contribution in [2.75, 3.05) is 5.88 Å². The fourth-order valence-corrected chi connectivity index (χ4v) is 2.25. The Hall–Kier alpha value is -0.570. The van der Waals surface area contributed by atoms with Gasteiger partial charge < -0.3 is 4.52 Å². The number of nitrogens with zero attached hydrogens (tertiary/aromatic N) is 2. The summed E-state index contributed by atoms with van der Waals surface area (Å²) in [5, 5.41) is 4.06. The average Bonchev–Trinajstić information content (AvgIpc) is 2.76. The summed E-state index contributed by atoms with van der Waals surface area (Å²) in [6.45, 7) is 0. The van der Waals surface area contributed by atoms with Crippen molar-refractivity contribution >= 4 is 11.6 Å². The fourth-order valence-electron chi connectivity index (χ4n) is 2.11. The molecule has 0 bridgehead atoms. The summed E-state index contributed by atoms with van der Waals surface area (Å²) in [7, 11) is 0. The van der Waals surface area contributed by atoms with E-state index in [0.717, 1.165) is 24.6 Å². The highest BCUT2D eigenvalue weighted by Crippen LogP contribution is 2.30. The van der Waals surface area contributed by atoms with Crippen LogP contribution in [0.3, 0.4) is 0 Å². The molecule has 0 N–H and O–H groups in total. The second kappa shape index (κ2) is 5.50. The normalized spacial score (nSPS) is 18.2. The third-order valence-corrected chi connectivity index (χ3v) is 3.25. The van der Waals surface area contributed by atoms with E-state index in [4.69, 9.17) is 16.1 Å².